The molecule has 2 rings (SSSR count). The molecule has 0 saturated carbocycles. The highest BCUT2D eigenvalue weighted by molar-refractivity contribution is 14.0. The Morgan fingerprint density at radius 2 is 2.09 bits per heavy atom. The molecule has 0 fully saturated rings. The van der Waals surface area contributed by atoms with Gasteiger partial charge in [0.25, 0.3) is 0 Å². The molecule has 0 radical (unpaired) electrons. The van der Waals surface area contributed by atoms with E-state index in [4.69, 9.17) is 5.73 Å². The Balaban J connectivity index is 0.00000264. The lowest BCUT2D eigenvalue weighted by Gasteiger charge is -2.21. The molecule has 0 unspecified atom stereocenters. The van der Waals surface area contributed by atoms with Crippen molar-refractivity contribution in [2.45, 2.75) is 39.8 Å². The summed E-state index contributed by atoms with van der Waals surface area (Å²) in [4.78, 5) is 8.33. The predicted octanol–water partition coefficient (Wildman–Crippen LogP) is 3.14. The van der Waals surface area contributed by atoms with Gasteiger partial charge in [-0.15, -0.1) is 24.0 Å². The third-order valence-electron chi connectivity index (χ3n) is 3.03. The number of hydrogen-bond acceptors (Lipinski definition) is 2. The Labute approximate surface area is 153 Å². The van der Waals surface area contributed by atoms with Crippen LogP contribution in [0.2, 0.25) is 0 Å². The molecule has 3 N–H and O–H groups in total. The largest absolute Gasteiger partial charge is 0.370 e. The molecule has 5 nitrogen and oxygen atoms in total. The molecule has 0 atom stereocenters. The van der Waals surface area contributed by atoms with E-state index in [9.17, 15) is 4.39 Å². The van der Waals surface area contributed by atoms with Crippen molar-refractivity contribution >= 4 is 29.9 Å². The first-order chi connectivity index (χ1) is 10.3. The average molecular weight is 431 g/mol. The standard InChI is InChI=1S/C16H22FN5.HI/c1-11-19-7-8-22(11)14-6-5-12(9-13(14)17)10-20-15(18)21-16(2,3)4;/h5-9H,10H2,1-4H3,(H3,18,20,21);1H. The predicted molar refractivity (Wildman–Crippen MR) is 102 cm³/mol. The van der Waals surface area contributed by atoms with Crippen molar-refractivity contribution in [3.8, 4) is 5.69 Å². The summed E-state index contributed by atoms with van der Waals surface area (Å²) in [5, 5.41) is 3.07. The molecule has 1 heterocycles. The number of nitrogens with two attached hydrogens (primary N) is 1. The van der Waals surface area contributed by atoms with Gasteiger partial charge in [-0.25, -0.2) is 14.4 Å². The van der Waals surface area contributed by atoms with Crippen LogP contribution in [0.5, 0.6) is 0 Å². The fourth-order valence-corrected chi connectivity index (χ4v) is 2.08. The zero-order valence-electron chi connectivity index (χ0n) is 13.8. The van der Waals surface area contributed by atoms with Crippen LogP contribution in [0, 0.1) is 12.7 Å². The molecule has 1 aromatic heterocycles. The maximum absolute atomic E-state index is 14.2. The number of nitrogens with zero attached hydrogens (tertiary/aromatic N) is 3. The van der Waals surface area contributed by atoms with Gasteiger partial charge in [-0.3, -0.25) is 0 Å². The number of imidazole rings is 1. The van der Waals surface area contributed by atoms with Crippen LogP contribution in [-0.2, 0) is 6.54 Å². The first kappa shape index (κ1) is 19.4. The monoisotopic (exact) mass is 431 g/mol. The topological polar surface area (TPSA) is 68.2 Å². The van der Waals surface area contributed by atoms with Gasteiger partial charge in [-0.05, 0) is 45.4 Å². The number of aryl methyl sites for hydroxylation is 1. The minimum Gasteiger partial charge on any atom is -0.370 e. The summed E-state index contributed by atoms with van der Waals surface area (Å²) in [6, 6.07) is 5.04. The molecule has 0 aliphatic heterocycles. The van der Waals surface area contributed by atoms with E-state index in [-0.39, 0.29) is 35.3 Å². The first-order valence-electron chi connectivity index (χ1n) is 7.13. The van der Waals surface area contributed by atoms with E-state index in [1.807, 2.05) is 33.8 Å². The summed E-state index contributed by atoms with van der Waals surface area (Å²) in [7, 11) is 0. The van der Waals surface area contributed by atoms with Gasteiger partial charge in [0.1, 0.15) is 11.6 Å². The van der Waals surface area contributed by atoms with E-state index < -0.39 is 0 Å². The molecule has 2 aromatic rings. The quantitative estimate of drug-likeness (QED) is 0.446. The van der Waals surface area contributed by atoms with Gasteiger partial charge in [0.05, 0.1) is 12.2 Å². The molecule has 1 aromatic carbocycles. The average Bonchev–Trinajstić information content (AvgIpc) is 2.81. The van der Waals surface area contributed by atoms with Crippen LogP contribution >= 0.6 is 24.0 Å². The third kappa shape index (κ3) is 5.49. The maximum atomic E-state index is 14.2. The van der Waals surface area contributed by atoms with Crippen LogP contribution in [0.25, 0.3) is 5.69 Å². The van der Waals surface area contributed by atoms with Gasteiger partial charge >= 0.3 is 0 Å². The highest BCUT2D eigenvalue weighted by Gasteiger charge is 2.10. The summed E-state index contributed by atoms with van der Waals surface area (Å²) in [5.74, 6) is 0.780. The van der Waals surface area contributed by atoms with Crippen molar-refractivity contribution in [2.24, 2.45) is 10.7 Å². The van der Waals surface area contributed by atoms with Crippen molar-refractivity contribution < 1.29 is 4.39 Å². The van der Waals surface area contributed by atoms with Gasteiger partial charge in [0, 0.05) is 17.9 Å². The van der Waals surface area contributed by atoms with Crippen molar-refractivity contribution in [1.29, 1.82) is 0 Å². The van der Waals surface area contributed by atoms with Crippen molar-refractivity contribution in [1.82, 2.24) is 14.9 Å². The highest BCUT2D eigenvalue weighted by Crippen LogP contribution is 2.17. The van der Waals surface area contributed by atoms with E-state index >= 15 is 0 Å². The highest BCUT2D eigenvalue weighted by atomic mass is 127. The third-order valence-corrected chi connectivity index (χ3v) is 3.03. The van der Waals surface area contributed by atoms with E-state index in [2.05, 4.69) is 15.3 Å². The SMILES string of the molecule is Cc1nccn1-c1ccc(CN=C(N)NC(C)(C)C)cc1F.I. The summed E-state index contributed by atoms with van der Waals surface area (Å²) in [5.41, 5.74) is 6.89. The normalized spacial score (nSPS) is 12.0. The molecule has 0 bridgehead atoms. The number of hydrogen-bond donors (Lipinski definition) is 2. The molecule has 0 aliphatic carbocycles. The van der Waals surface area contributed by atoms with E-state index in [0.29, 0.717) is 18.2 Å². The zero-order valence-corrected chi connectivity index (χ0v) is 16.1. The number of guanidine groups is 1. The lowest BCUT2D eigenvalue weighted by atomic mass is 10.1. The molecule has 126 valence electrons. The van der Waals surface area contributed by atoms with E-state index in [1.165, 1.54) is 6.07 Å². The van der Waals surface area contributed by atoms with Gasteiger partial charge in [0.15, 0.2) is 5.96 Å². The van der Waals surface area contributed by atoms with Gasteiger partial charge in [-0.1, -0.05) is 6.07 Å². The van der Waals surface area contributed by atoms with Gasteiger partial charge in [0.2, 0.25) is 0 Å². The first-order valence-corrected chi connectivity index (χ1v) is 7.13. The van der Waals surface area contributed by atoms with Crippen LogP contribution < -0.4 is 11.1 Å². The molecular formula is C16H23FIN5. The number of aliphatic imine (C=N–C) groups is 1. The van der Waals surface area contributed by atoms with Crippen LogP contribution in [0.1, 0.15) is 32.2 Å². The van der Waals surface area contributed by atoms with Crippen LogP contribution in [-0.4, -0.2) is 21.0 Å². The molecule has 23 heavy (non-hydrogen) atoms. The van der Waals surface area contributed by atoms with Crippen molar-refractivity contribution in [3.05, 3.63) is 47.8 Å². The number of rotatable bonds is 3. The smallest absolute Gasteiger partial charge is 0.189 e. The zero-order chi connectivity index (χ0) is 16.3. The van der Waals surface area contributed by atoms with Gasteiger partial charge in [-0.2, -0.15) is 0 Å². The number of benzene rings is 1. The summed E-state index contributed by atoms with van der Waals surface area (Å²) < 4.78 is 16.0. The molecule has 0 amide bonds. The summed E-state index contributed by atoms with van der Waals surface area (Å²) >= 11 is 0. The molecule has 0 saturated heterocycles. The van der Waals surface area contributed by atoms with E-state index in [1.54, 1.807) is 23.0 Å². The second-order valence-electron chi connectivity index (χ2n) is 6.21. The van der Waals surface area contributed by atoms with Crippen LogP contribution in [0.15, 0.2) is 35.6 Å². The number of halogens is 2. The minimum atomic E-state index is -0.309. The lowest BCUT2D eigenvalue weighted by Crippen LogP contribution is -2.44. The second kappa shape index (κ2) is 7.76. The molecule has 0 spiro atoms. The fraction of sp³-hybridized carbons (Fsp3) is 0.375. The number of nitrogens with one attached hydrogen (secondary N) is 1. The lowest BCUT2D eigenvalue weighted by molar-refractivity contribution is 0.508. The Hall–Kier alpha value is -1.64. The Kier molecular flexibility index (Phi) is 6.55. The summed E-state index contributed by atoms with van der Waals surface area (Å²) in [6.45, 7) is 8.15. The van der Waals surface area contributed by atoms with Crippen molar-refractivity contribution in [2.75, 3.05) is 0 Å². The Morgan fingerprint density at radius 1 is 1.39 bits per heavy atom. The molecule has 7 heteroatoms. The maximum Gasteiger partial charge on any atom is 0.189 e. The molecule has 0 aliphatic rings. The van der Waals surface area contributed by atoms with E-state index in [0.717, 1.165) is 11.4 Å². The van der Waals surface area contributed by atoms with Crippen LogP contribution in [0.3, 0.4) is 0 Å². The summed E-state index contributed by atoms with van der Waals surface area (Å²) in [6.07, 6.45) is 3.38. The Morgan fingerprint density at radius 3 is 2.61 bits per heavy atom. The second-order valence-corrected chi connectivity index (χ2v) is 6.21. The Bertz CT molecular complexity index is 688. The number of aromatic nitrogens is 2. The van der Waals surface area contributed by atoms with Crippen LogP contribution in [0.4, 0.5) is 4.39 Å². The van der Waals surface area contributed by atoms with Crippen molar-refractivity contribution in [3.63, 3.8) is 0 Å². The molecular weight excluding hydrogens is 408 g/mol. The fourth-order valence-electron chi connectivity index (χ4n) is 2.08. The minimum absolute atomic E-state index is 0. The van der Waals surface area contributed by atoms with Gasteiger partial charge < -0.3 is 15.6 Å².